The fourth-order valence-corrected chi connectivity index (χ4v) is 9.74. The number of piperazine rings is 1. The highest BCUT2D eigenvalue weighted by molar-refractivity contribution is 6.00. The van der Waals surface area contributed by atoms with Crippen LogP contribution in [-0.2, 0) is 11.2 Å². The largest absolute Gasteiger partial charge is 0.377 e. The average Bonchev–Trinajstić information content (AvgIpc) is 3.40. The summed E-state index contributed by atoms with van der Waals surface area (Å²) in [6, 6.07) is 15.7. The number of terminal acetylenes is 1. The molecule has 7 rings (SSSR count). The van der Waals surface area contributed by atoms with E-state index in [9.17, 15) is 19.5 Å². The highest BCUT2D eigenvalue weighted by Crippen LogP contribution is 2.64. The fraction of sp³-hybridized carbons (Fsp3) is 0.512. The van der Waals surface area contributed by atoms with Crippen molar-refractivity contribution in [1.82, 2.24) is 14.8 Å². The van der Waals surface area contributed by atoms with E-state index in [1.807, 2.05) is 42.2 Å². The molecular weight excluding hydrogens is 612 g/mol. The van der Waals surface area contributed by atoms with Gasteiger partial charge in [-0.3, -0.25) is 14.4 Å². The summed E-state index contributed by atoms with van der Waals surface area (Å²) in [6.45, 7) is 8.61. The summed E-state index contributed by atoms with van der Waals surface area (Å²) in [5.41, 5.74) is 4.16. The molecule has 3 aromatic rings. The van der Waals surface area contributed by atoms with Crippen LogP contribution in [0.1, 0.15) is 97.2 Å². The highest BCUT2D eigenvalue weighted by atomic mass is 16.3. The van der Waals surface area contributed by atoms with Crippen molar-refractivity contribution in [1.29, 1.82) is 0 Å². The van der Waals surface area contributed by atoms with Crippen LogP contribution in [-0.4, -0.2) is 82.4 Å². The average molecular weight is 661 g/mol. The SMILES string of the molecule is C#C[C@]1(O)CCC2[C@@H]3CCc4cc(C(C)=O)c(N5CCN(C(=O)CN(CCC)C(=O)c6ccc7ccccc7n6)CC5)cc4C3CC[C@@]21C. The summed E-state index contributed by atoms with van der Waals surface area (Å²) in [7, 11) is 0. The lowest BCUT2D eigenvalue weighted by atomic mass is 9.53. The van der Waals surface area contributed by atoms with E-state index in [-0.39, 0.29) is 29.6 Å². The van der Waals surface area contributed by atoms with Crippen LogP contribution in [0, 0.1) is 29.6 Å². The van der Waals surface area contributed by atoms with E-state index in [4.69, 9.17) is 6.42 Å². The van der Waals surface area contributed by atoms with Crippen molar-refractivity contribution in [2.45, 2.75) is 77.2 Å². The zero-order valence-electron chi connectivity index (χ0n) is 29.1. The lowest BCUT2D eigenvalue weighted by molar-refractivity contribution is -0.132. The molecule has 3 fully saturated rings. The first kappa shape index (κ1) is 33.3. The normalized spacial score (nSPS) is 27.5. The molecule has 0 spiro atoms. The number of aryl methyl sites for hydroxylation is 1. The first-order chi connectivity index (χ1) is 23.6. The molecule has 1 N–H and O–H groups in total. The summed E-state index contributed by atoms with van der Waals surface area (Å²) >= 11 is 0. The van der Waals surface area contributed by atoms with Crippen molar-refractivity contribution in [2.24, 2.45) is 17.3 Å². The van der Waals surface area contributed by atoms with Gasteiger partial charge < -0.3 is 19.8 Å². The number of ketones is 1. The van der Waals surface area contributed by atoms with Gasteiger partial charge in [0.1, 0.15) is 17.8 Å². The number of aliphatic hydroxyl groups is 1. The number of carbonyl (C=O) groups excluding carboxylic acids is 3. The van der Waals surface area contributed by atoms with Crippen molar-refractivity contribution in [3.63, 3.8) is 0 Å². The Morgan fingerprint density at radius 3 is 2.55 bits per heavy atom. The van der Waals surface area contributed by atoms with Gasteiger partial charge in [0, 0.05) is 54.8 Å². The van der Waals surface area contributed by atoms with Crippen LogP contribution < -0.4 is 4.90 Å². The van der Waals surface area contributed by atoms with E-state index in [2.05, 4.69) is 34.9 Å². The summed E-state index contributed by atoms with van der Waals surface area (Å²) in [5, 5.41) is 12.3. The summed E-state index contributed by atoms with van der Waals surface area (Å²) < 4.78 is 0. The van der Waals surface area contributed by atoms with Gasteiger partial charge in [0.05, 0.1) is 5.52 Å². The molecule has 3 aliphatic carbocycles. The second-order valence-corrected chi connectivity index (χ2v) is 15.0. The number of hydrogen-bond acceptors (Lipinski definition) is 6. The Balaban J connectivity index is 1.06. The van der Waals surface area contributed by atoms with Gasteiger partial charge >= 0.3 is 0 Å². The van der Waals surface area contributed by atoms with E-state index in [1.165, 1.54) is 11.1 Å². The van der Waals surface area contributed by atoms with Crippen molar-refractivity contribution in [2.75, 3.05) is 44.2 Å². The maximum absolute atomic E-state index is 13.6. The number of benzene rings is 2. The second-order valence-electron chi connectivity index (χ2n) is 15.0. The van der Waals surface area contributed by atoms with Gasteiger partial charge in [0.15, 0.2) is 5.78 Å². The third-order valence-corrected chi connectivity index (χ3v) is 12.5. The molecule has 2 aromatic carbocycles. The predicted molar refractivity (Wildman–Crippen MR) is 192 cm³/mol. The number of pyridine rings is 1. The van der Waals surface area contributed by atoms with Gasteiger partial charge in [0.25, 0.3) is 5.91 Å². The van der Waals surface area contributed by atoms with Crippen molar-refractivity contribution < 1.29 is 19.5 Å². The number of nitrogens with zero attached hydrogens (tertiary/aromatic N) is 4. The molecule has 2 amide bonds. The molecule has 1 aliphatic heterocycles. The van der Waals surface area contributed by atoms with E-state index >= 15 is 0 Å². The topological polar surface area (TPSA) is 94.0 Å². The Labute approximate surface area is 289 Å². The lowest BCUT2D eigenvalue weighted by Gasteiger charge is -2.52. The molecule has 8 nitrogen and oxygen atoms in total. The quantitative estimate of drug-likeness (QED) is 0.252. The minimum Gasteiger partial charge on any atom is -0.377 e. The summed E-state index contributed by atoms with van der Waals surface area (Å²) in [4.78, 5) is 50.4. The number of Topliss-reactive ketones (excluding diaryl/α,β-unsaturated/α-hetero) is 1. The number of hydrogen-bond donors (Lipinski definition) is 1. The van der Waals surface area contributed by atoms with Crippen LogP contribution in [0.3, 0.4) is 0 Å². The van der Waals surface area contributed by atoms with Gasteiger partial charge in [-0.15, -0.1) is 6.42 Å². The smallest absolute Gasteiger partial charge is 0.272 e. The predicted octanol–water partition coefficient (Wildman–Crippen LogP) is 5.86. The molecular formula is C41H48N4O4. The van der Waals surface area contributed by atoms with Crippen LogP contribution in [0.4, 0.5) is 5.69 Å². The molecule has 8 heteroatoms. The number of anilines is 1. The standard InChI is InChI=1S/C41H48N4O4/c1-5-19-45(39(48)36-14-12-28-9-7-8-10-35(28)42-36)26-38(47)44-22-20-43(21-23-44)37-25-33-29(24-32(37)27(3)46)11-13-31-30(33)15-17-40(4)34(31)16-18-41(40,49)6-2/h2,7-10,12,14,24-25,30-31,34,49H,5,11,13,15-23,26H2,1,3-4H3/t30?,31-,34?,40+,41+/m1/s1. The zero-order chi connectivity index (χ0) is 34.5. The summed E-state index contributed by atoms with van der Waals surface area (Å²) in [5.74, 6) is 3.78. The first-order valence-electron chi connectivity index (χ1n) is 18.1. The van der Waals surface area contributed by atoms with Gasteiger partial charge in [-0.1, -0.05) is 44.0 Å². The molecule has 2 heterocycles. The number of para-hydroxylation sites is 1. The van der Waals surface area contributed by atoms with E-state index in [0.717, 1.165) is 60.7 Å². The van der Waals surface area contributed by atoms with Gasteiger partial charge in [-0.25, -0.2) is 4.98 Å². The molecule has 1 saturated heterocycles. The Kier molecular flexibility index (Phi) is 8.77. The van der Waals surface area contributed by atoms with Gasteiger partial charge in [-0.05, 0) is 105 Å². The molecule has 5 atom stereocenters. The van der Waals surface area contributed by atoms with Crippen LogP contribution >= 0.6 is 0 Å². The Bertz CT molecular complexity index is 1840. The number of aromatic nitrogens is 1. The first-order valence-corrected chi connectivity index (χ1v) is 18.1. The molecule has 0 radical (unpaired) electrons. The van der Waals surface area contributed by atoms with E-state index in [1.54, 1.807) is 17.9 Å². The van der Waals surface area contributed by atoms with Gasteiger partial charge in [0.2, 0.25) is 5.91 Å². The Morgan fingerprint density at radius 2 is 1.82 bits per heavy atom. The lowest BCUT2D eigenvalue weighted by Crippen LogP contribution is -2.52. The molecule has 0 bridgehead atoms. The number of amides is 2. The third kappa shape index (κ3) is 5.70. The van der Waals surface area contributed by atoms with E-state index in [0.29, 0.717) is 62.6 Å². The van der Waals surface area contributed by atoms with Crippen LogP contribution in [0.5, 0.6) is 0 Å². The van der Waals surface area contributed by atoms with Crippen LogP contribution in [0.15, 0.2) is 48.5 Å². The summed E-state index contributed by atoms with van der Waals surface area (Å²) in [6.07, 6.45) is 12.1. The monoisotopic (exact) mass is 660 g/mol. The maximum Gasteiger partial charge on any atom is 0.272 e. The number of fused-ring (bicyclic) bond motifs is 6. The van der Waals surface area contributed by atoms with Crippen molar-refractivity contribution >= 4 is 34.2 Å². The number of rotatable bonds is 7. The van der Waals surface area contributed by atoms with Crippen LogP contribution in [0.25, 0.3) is 10.9 Å². The molecule has 256 valence electrons. The minimum absolute atomic E-state index is 0.0106. The van der Waals surface area contributed by atoms with Crippen molar-refractivity contribution in [3.05, 3.63) is 70.9 Å². The molecule has 1 aromatic heterocycles. The maximum atomic E-state index is 13.6. The van der Waals surface area contributed by atoms with E-state index < -0.39 is 5.60 Å². The molecule has 2 unspecified atom stereocenters. The van der Waals surface area contributed by atoms with Crippen LogP contribution in [0.2, 0.25) is 0 Å². The fourth-order valence-electron chi connectivity index (χ4n) is 9.74. The highest BCUT2D eigenvalue weighted by Gasteiger charge is 2.61. The molecule has 4 aliphatic rings. The second kappa shape index (κ2) is 12.9. The number of carbonyl (C=O) groups is 3. The zero-order valence-corrected chi connectivity index (χ0v) is 29.1. The Hall–Kier alpha value is -4.22. The molecule has 49 heavy (non-hydrogen) atoms. The third-order valence-electron chi connectivity index (χ3n) is 12.5. The van der Waals surface area contributed by atoms with Gasteiger partial charge in [-0.2, -0.15) is 0 Å². The van der Waals surface area contributed by atoms with Crippen molar-refractivity contribution in [3.8, 4) is 12.3 Å². The Morgan fingerprint density at radius 1 is 1.04 bits per heavy atom. The molecule has 2 saturated carbocycles. The minimum atomic E-state index is -1.03.